The summed E-state index contributed by atoms with van der Waals surface area (Å²) in [6, 6.07) is 2.92. The van der Waals surface area contributed by atoms with Gasteiger partial charge >= 0.3 is 0 Å². The van der Waals surface area contributed by atoms with Crippen LogP contribution in [0.2, 0.25) is 0 Å². The first kappa shape index (κ1) is 17.0. The fourth-order valence-corrected chi connectivity index (χ4v) is 3.56. The minimum atomic E-state index is -3.74. The third kappa shape index (κ3) is 5.13. The number of rotatable bonds is 8. The number of carbonyl (C=O) groups is 1. The lowest BCUT2D eigenvalue weighted by atomic mass is 10.5. The van der Waals surface area contributed by atoms with E-state index in [2.05, 4.69) is 10.0 Å². The van der Waals surface area contributed by atoms with Crippen LogP contribution in [-0.2, 0) is 19.6 Å². The number of thiocarbonyl (C=S) groups is 1. The van der Waals surface area contributed by atoms with E-state index in [4.69, 9.17) is 22.7 Å². The van der Waals surface area contributed by atoms with Crippen LogP contribution < -0.4 is 15.8 Å². The van der Waals surface area contributed by atoms with Crippen LogP contribution in [0, 0.1) is 0 Å². The van der Waals surface area contributed by atoms with Gasteiger partial charge in [-0.05, 0) is 12.1 Å². The third-order valence-corrected chi connectivity index (χ3v) is 5.50. The number of nitrogens with one attached hydrogen (secondary N) is 2. The van der Waals surface area contributed by atoms with E-state index in [0.717, 1.165) is 11.3 Å². The fraction of sp³-hybridized carbons (Fsp3) is 0.400. The third-order valence-electron chi connectivity index (χ3n) is 2.14. The van der Waals surface area contributed by atoms with Crippen molar-refractivity contribution in [2.45, 2.75) is 4.21 Å². The van der Waals surface area contributed by atoms with Gasteiger partial charge < -0.3 is 15.8 Å². The predicted octanol–water partition coefficient (Wildman–Crippen LogP) is -0.577. The Kier molecular flexibility index (Phi) is 6.49. The van der Waals surface area contributed by atoms with Gasteiger partial charge in [0, 0.05) is 13.7 Å². The molecule has 0 spiro atoms. The molecule has 10 heteroatoms. The fourth-order valence-electron chi connectivity index (χ4n) is 1.18. The highest BCUT2D eigenvalue weighted by Gasteiger charge is 2.18. The van der Waals surface area contributed by atoms with Crippen LogP contribution in [0.1, 0.15) is 4.88 Å². The van der Waals surface area contributed by atoms with E-state index in [1.165, 1.54) is 19.2 Å². The molecule has 1 rings (SSSR count). The molecule has 0 bridgehead atoms. The van der Waals surface area contributed by atoms with Gasteiger partial charge in [0.1, 0.15) is 9.20 Å². The summed E-state index contributed by atoms with van der Waals surface area (Å²) in [4.78, 5) is 12.0. The quantitative estimate of drug-likeness (QED) is 0.432. The highest BCUT2D eigenvalue weighted by molar-refractivity contribution is 7.91. The number of nitrogens with two attached hydrogens (primary N) is 1. The van der Waals surface area contributed by atoms with Crippen LogP contribution >= 0.6 is 23.6 Å². The molecular formula is C10H15N3O4S3. The van der Waals surface area contributed by atoms with Crippen LogP contribution in [0.4, 0.5) is 0 Å². The standard InChI is InChI=1S/C10H15N3O4S3/c1-17-5-4-12-8(14)6-13-20(15,16)9-3-2-7(19-9)10(11)18/h2-3,13H,4-6H2,1H3,(H2,11,18)(H,12,14). The van der Waals surface area contributed by atoms with Crippen molar-refractivity contribution in [3.8, 4) is 0 Å². The van der Waals surface area contributed by atoms with Crippen LogP contribution in [-0.4, -0.2) is 46.1 Å². The summed E-state index contributed by atoms with van der Waals surface area (Å²) in [6.07, 6.45) is 0. The Morgan fingerprint density at radius 3 is 2.75 bits per heavy atom. The maximum atomic E-state index is 11.9. The second kappa shape index (κ2) is 7.64. The van der Waals surface area contributed by atoms with E-state index in [0.29, 0.717) is 18.0 Å². The van der Waals surface area contributed by atoms with Gasteiger partial charge in [0.25, 0.3) is 10.0 Å². The highest BCUT2D eigenvalue weighted by Crippen LogP contribution is 2.21. The van der Waals surface area contributed by atoms with E-state index in [-0.39, 0.29) is 15.7 Å². The molecule has 112 valence electrons. The topological polar surface area (TPSA) is 111 Å². The van der Waals surface area contributed by atoms with Crippen molar-refractivity contribution in [1.29, 1.82) is 0 Å². The number of hydrogen-bond donors (Lipinski definition) is 3. The van der Waals surface area contributed by atoms with Crippen molar-refractivity contribution in [1.82, 2.24) is 10.0 Å². The first-order valence-electron chi connectivity index (χ1n) is 5.52. The van der Waals surface area contributed by atoms with Gasteiger partial charge in [-0.2, -0.15) is 0 Å². The molecule has 0 fully saturated rings. The van der Waals surface area contributed by atoms with Crippen LogP contribution in [0.3, 0.4) is 0 Å². The van der Waals surface area contributed by atoms with Gasteiger partial charge in [0.15, 0.2) is 0 Å². The highest BCUT2D eigenvalue weighted by atomic mass is 32.2. The first-order chi connectivity index (χ1) is 9.36. The number of thiophene rings is 1. The summed E-state index contributed by atoms with van der Waals surface area (Å²) >= 11 is 5.71. The average Bonchev–Trinajstić information content (AvgIpc) is 2.87. The molecule has 4 N–H and O–H groups in total. The summed E-state index contributed by atoms with van der Waals surface area (Å²) < 4.78 is 30.8. The molecule has 1 aromatic rings. The van der Waals surface area contributed by atoms with Crippen molar-refractivity contribution in [3.63, 3.8) is 0 Å². The lowest BCUT2D eigenvalue weighted by Gasteiger charge is -2.06. The molecule has 20 heavy (non-hydrogen) atoms. The number of ether oxygens (including phenoxy) is 1. The molecule has 0 saturated carbocycles. The molecular weight excluding hydrogens is 322 g/mol. The van der Waals surface area contributed by atoms with Gasteiger partial charge in [-0.15, -0.1) is 11.3 Å². The summed E-state index contributed by atoms with van der Waals surface area (Å²) in [7, 11) is -2.23. The van der Waals surface area contributed by atoms with E-state index >= 15 is 0 Å². The molecule has 0 aromatic carbocycles. The Hall–Kier alpha value is -1.07. The van der Waals surface area contributed by atoms with E-state index in [1.54, 1.807) is 0 Å². The molecule has 0 aliphatic heterocycles. The predicted molar refractivity (Wildman–Crippen MR) is 80.3 cm³/mol. The van der Waals surface area contributed by atoms with Crippen LogP contribution in [0.25, 0.3) is 0 Å². The van der Waals surface area contributed by atoms with Crippen LogP contribution in [0.5, 0.6) is 0 Å². The van der Waals surface area contributed by atoms with E-state index in [9.17, 15) is 13.2 Å². The number of hydrogen-bond acceptors (Lipinski definition) is 6. The summed E-state index contributed by atoms with van der Waals surface area (Å²) in [5.41, 5.74) is 5.41. The Balaban J connectivity index is 2.56. The van der Waals surface area contributed by atoms with Crippen molar-refractivity contribution >= 4 is 44.5 Å². The van der Waals surface area contributed by atoms with Crippen molar-refractivity contribution < 1.29 is 17.9 Å². The van der Waals surface area contributed by atoms with Crippen molar-refractivity contribution in [2.75, 3.05) is 26.8 Å². The van der Waals surface area contributed by atoms with Gasteiger partial charge in [-0.3, -0.25) is 4.79 Å². The lowest BCUT2D eigenvalue weighted by molar-refractivity contribution is -0.120. The molecule has 0 aliphatic carbocycles. The maximum absolute atomic E-state index is 11.9. The second-order valence-electron chi connectivity index (χ2n) is 3.65. The van der Waals surface area contributed by atoms with E-state index in [1.807, 2.05) is 0 Å². The number of methoxy groups -OCH3 is 1. The molecule has 0 aliphatic rings. The Morgan fingerprint density at radius 1 is 1.50 bits per heavy atom. The summed E-state index contributed by atoms with van der Waals surface area (Å²) in [5.74, 6) is -0.434. The summed E-state index contributed by atoms with van der Waals surface area (Å²) in [5, 5.41) is 2.50. The molecule has 0 atom stereocenters. The smallest absolute Gasteiger partial charge is 0.250 e. The minimum absolute atomic E-state index is 0.0602. The van der Waals surface area contributed by atoms with Gasteiger partial charge in [-0.1, -0.05) is 12.2 Å². The lowest BCUT2D eigenvalue weighted by Crippen LogP contribution is -2.37. The van der Waals surface area contributed by atoms with Gasteiger partial charge in [0.2, 0.25) is 5.91 Å². The number of sulfonamides is 1. The zero-order valence-corrected chi connectivity index (χ0v) is 13.2. The number of carbonyl (C=O) groups excluding carboxylic acids is 1. The zero-order valence-electron chi connectivity index (χ0n) is 10.7. The molecule has 7 nitrogen and oxygen atoms in total. The molecule has 0 radical (unpaired) electrons. The largest absolute Gasteiger partial charge is 0.389 e. The first-order valence-corrected chi connectivity index (χ1v) is 8.22. The Labute approximate surface area is 126 Å². The molecule has 1 heterocycles. The zero-order chi connectivity index (χ0) is 15.2. The minimum Gasteiger partial charge on any atom is -0.389 e. The molecule has 1 amide bonds. The molecule has 0 unspecified atom stereocenters. The summed E-state index contributed by atoms with van der Waals surface area (Å²) in [6.45, 7) is 0.342. The van der Waals surface area contributed by atoms with E-state index < -0.39 is 15.9 Å². The Bertz CT molecular complexity index is 582. The molecule has 0 saturated heterocycles. The monoisotopic (exact) mass is 337 g/mol. The Morgan fingerprint density at radius 2 is 2.20 bits per heavy atom. The number of amides is 1. The molecule has 1 aromatic heterocycles. The van der Waals surface area contributed by atoms with Gasteiger partial charge in [-0.25, -0.2) is 13.1 Å². The SMILES string of the molecule is COCCNC(=O)CNS(=O)(=O)c1ccc(C(N)=S)s1. The average molecular weight is 337 g/mol. The van der Waals surface area contributed by atoms with Crippen molar-refractivity contribution in [3.05, 3.63) is 17.0 Å². The second-order valence-corrected chi connectivity index (χ2v) is 7.17. The van der Waals surface area contributed by atoms with Crippen molar-refractivity contribution in [2.24, 2.45) is 5.73 Å². The normalized spacial score (nSPS) is 11.2. The van der Waals surface area contributed by atoms with Crippen LogP contribution in [0.15, 0.2) is 16.3 Å². The maximum Gasteiger partial charge on any atom is 0.250 e. The van der Waals surface area contributed by atoms with Gasteiger partial charge in [0.05, 0.1) is 18.0 Å².